The molecule has 5 rings (SSSR count). The van der Waals surface area contributed by atoms with E-state index >= 15 is 0 Å². The predicted octanol–water partition coefficient (Wildman–Crippen LogP) is 4.27. The summed E-state index contributed by atoms with van der Waals surface area (Å²) in [5.41, 5.74) is 2.46. The van der Waals surface area contributed by atoms with E-state index in [1.54, 1.807) is 47.6 Å². The molecule has 0 atom stereocenters. The molecule has 1 aliphatic heterocycles. The average molecular weight is 395 g/mol. The largest absolute Gasteiger partial charge is 0.341 e. The van der Waals surface area contributed by atoms with Crippen LogP contribution in [0.4, 0.5) is 10.3 Å². The number of hydrogen-bond acceptors (Lipinski definition) is 5. The van der Waals surface area contributed by atoms with E-state index in [9.17, 15) is 4.39 Å². The lowest BCUT2D eigenvalue weighted by Crippen LogP contribution is -2.20. The molecule has 28 heavy (non-hydrogen) atoms. The van der Waals surface area contributed by atoms with Crippen LogP contribution in [-0.2, 0) is 0 Å². The summed E-state index contributed by atoms with van der Waals surface area (Å²) in [5.74, 6) is 0.826. The fraction of sp³-hybridized carbons (Fsp3) is 0.200. The van der Waals surface area contributed by atoms with Gasteiger partial charge in [0.05, 0.1) is 28.5 Å². The Hall–Kier alpha value is -3.06. The molecule has 0 radical (unpaired) electrons. The number of nitrogens with zero attached hydrogens (tertiary/aromatic N) is 6. The van der Waals surface area contributed by atoms with Crippen LogP contribution in [-0.4, -0.2) is 37.6 Å². The minimum Gasteiger partial charge on any atom is -0.341 e. The first kappa shape index (κ1) is 17.1. The van der Waals surface area contributed by atoms with Crippen molar-refractivity contribution in [1.82, 2.24) is 24.5 Å². The first-order valence-corrected chi connectivity index (χ1v) is 9.44. The second-order valence-corrected chi connectivity index (χ2v) is 7.13. The third kappa shape index (κ3) is 2.88. The number of anilines is 1. The minimum atomic E-state index is -0.438. The molecule has 1 fully saturated rings. The number of benzene rings is 1. The zero-order valence-corrected chi connectivity index (χ0v) is 15.6. The summed E-state index contributed by atoms with van der Waals surface area (Å²) >= 11 is 5.93. The molecule has 1 saturated heterocycles. The van der Waals surface area contributed by atoms with Gasteiger partial charge in [-0.1, -0.05) is 11.6 Å². The smallest absolute Gasteiger partial charge is 0.225 e. The maximum atomic E-state index is 14.7. The van der Waals surface area contributed by atoms with E-state index in [1.165, 1.54) is 6.07 Å². The predicted molar refractivity (Wildman–Crippen MR) is 106 cm³/mol. The molecular weight excluding hydrogens is 379 g/mol. The van der Waals surface area contributed by atoms with E-state index in [-0.39, 0.29) is 0 Å². The van der Waals surface area contributed by atoms with Crippen LogP contribution in [0.15, 0.2) is 49.1 Å². The lowest BCUT2D eigenvalue weighted by Gasteiger charge is -2.15. The van der Waals surface area contributed by atoms with Crippen LogP contribution in [0.1, 0.15) is 12.8 Å². The molecule has 0 N–H and O–H groups in total. The first-order valence-electron chi connectivity index (χ1n) is 9.06. The van der Waals surface area contributed by atoms with Crippen molar-refractivity contribution in [1.29, 1.82) is 0 Å². The van der Waals surface area contributed by atoms with Crippen molar-refractivity contribution in [2.75, 3.05) is 18.0 Å². The molecule has 3 aromatic heterocycles. The summed E-state index contributed by atoms with van der Waals surface area (Å²) in [6.45, 7) is 1.94. The molecule has 4 heterocycles. The van der Waals surface area contributed by atoms with Gasteiger partial charge in [-0.3, -0.25) is 9.55 Å². The minimum absolute atomic E-state index is 0.337. The Labute approximate surface area is 165 Å². The SMILES string of the molecule is Fc1cc(Cl)ccc1-n1c(-c2cnc(N3CCCC3)nc2)nc2ccncc21. The number of pyridine rings is 1. The highest BCUT2D eigenvalue weighted by atomic mass is 35.5. The average Bonchev–Trinajstić information content (AvgIpc) is 3.37. The molecule has 8 heteroatoms. The third-order valence-electron chi connectivity index (χ3n) is 4.89. The maximum Gasteiger partial charge on any atom is 0.225 e. The summed E-state index contributed by atoms with van der Waals surface area (Å²) in [6, 6.07) is 6.37. The second-order valence-electron chi connectivity index (χ2n) is 6.70. The Morgan fingerprint density at radius 1 is 1.00 bits per heavy atom. The Morgan fingerprint density at radius 2 is 1.79 bits per heavy atom. The lowest BCUT2D eigenvalue weighted by atomic mass is 10.2. The van der Waals surface area contributed by atoms with E-state index < -0.39 is 5.82 Å². The van der Waals surface area contributed by atoms with Gasteiger partial charge in [0.25, 0.3) is 0 Å². The van der Waals surface area contributed by atoms with Crippen molar-refractivity contribution in [2.45, 2.75) is 12.8 Å². The molecule has 4 aromatic rings. The quantitative estimate of drug-likeness (QED) is 0.519. The number of rotatable bonds is 3. The molecular formula is C20H16ClFN6. The summed E-state index contributed by atoms with van der Waals surface area (Å²) in [5, 5.41) is 0.337. The standard InChI is InChI=1S/C20H16ClFN6/c21-14-3-4-17(15(22)9-14)28-18-12-23-6-5-16(18)26-19(28)13-10-24-20(25-11-13)27-7-1-2-8-27/h3-6,9-12H,1-2,7-8H2. The molecule has 0 aliphatic carbocycles. The number of hydrogen-bond donors (Lipinski definition) is 0. The van der Waals surface area contributed by atoms with Gasteiger partial charge in [-0.25, -0.2) is 19.3 Å². The number of aromatic nitrogens is 5. The van der Waals surface area contributed by atoms with E-state index in [0.717, 1.165) is 25.9 Å². The normalized spacial score (nSPS) is 14.1. The zero-order valence-electron chi connectivity index (χ0n) is 14.9. The van der Waals surface area contributed by atoms with Crippen molar-refractivity contribution in [3.05, 3.63) is 59.9 Å². The van der Waals surface area contributed by atoms with E-state index in [4.69, 9.17) is 11.6 Å². The van der Waals surface area contributed by atoms with Crippen molar-refractivity contribution < 1.29 is 4.39 Å². The number of halogens is 2. The molecule has 1 aromatic carbocycles. The van der Waals surface area contributed by atoms with Crippen molar-refractivity contribution in [2.24, 2.45) is 0 Å². The molecule has 140 valence electrons. The number of imidazole rings is 1. The van der Waals surface area contributed by atoms with E-state index in [1.807, 2.05) is 0 Å². The Kier molecular flexibility index (Phi) is 4.16. The highest BCUT2D eigenvalue weighted by Gasteiger charge is 2.19. The van der Waals surface area contributed by atoms with Crippen LogP contribution in [0.2, 0.25) is 5.02 Å². The van der Waals surface area contributed by atoms with E-state index in [0.29, 0.717) is 39.1 Å². The fourth-order valence-corrected chi connectivity index (χ4v) is 3.70. The third-order valence-corrected chi connectivity index (χ3v) is 5.13. The van der Waals surface area contributed by atoms with Gasteiger partial charge in [0.1, 0.15) is 11.6 Å². The van der Waals surface area contributed by atoms with Gasteiger partial charge >= 0.3 is 0 Å². The number of fused-ring (bicyclic) bond motifs is 1. The van der Waals surface area contributed by atoms with Crippen LogP contribution in [0.25, 0.3) is 28.1 Å². The molecule has 0 spiro atoms. The molecule has 0 unspecified atom stereocenters. The first-order chi connectivity index (χ1) is 13.7. The summed E-state index contributed by atoms with van der Waals surface area (Å²) in [6.07, 6.45) is 9.11. The van der Waals surface area contributed by atoms with Gasteiger partial charge < -0.3 is 4.90 Å². The highest BCUT2D eigenvalue weighted by molar-refractivity contribution is 6.30. The van der Waals surface area contributed by atoms with Crippen molar-refractivity contribution in [3.8, 4) is 17.1 Å². The van der Waals surface area contributed by atoms with Crippen LogP contribution >= 0.6 is 11.6 Å². The monoisotopic (exact) mass is 394 g/mol. The molecule has 0 saturated carbocycles. The Morgan fingerprint density at radius 3 is 2.54 bits per heavy atom. The highest BCUT2D eigenvalue weighted by Crippen LogP contribution is 2.30. The Balaban J connectivity index is 1.67. The van der Waals surface area contributed by atoms with Gasteiger partial charge in [-0.2, -0.15) is 0 Å². The van der Waals surface area contributed by atoms with Gasteiger partial charge in [-0.05, 0) is 37.1 Å². The lowest BCUT2D eigenvalue weighted by molar-refractivity contribution is 0.620. The maximum absolute atomic E-state index is 14.7. The summed E-state index contributed by atoms with van der Waals surface area (Å²) in [7, 11) is 0. The fourth-order valence-electron chi connectivity index (χ4n) is 3.54. The molecule has 6 nitrogen and oxygen atoms in total. The van der Waals surface area contributed by atoms with Crippen molar-refractivity contribution in [3.63, 3.8) is 0 Å². The van der Waals surface area contributed by atoms with Crippen LogP contribution in [0.5, 0.6) is 0 Å². The van der Waals surface area contributed by atoms with Crippen LogP contribution in [0.3, 0.4) is 0 Å². The molecule has 0 amide bonds. The van der Waals surface area contributed by atoms with Gasteiger partial charge in [0.2, 0.25) is 5.95 Å². The van der Waals surface area contributed by atoms with E-state index in [2.05, 4.69) is 24.8 Å². The van der Waals surface area contributed by atoms with Crippen LogP contribution < -0.4 is 4.90 Å². The second kappa shape index (κ2) is 6.83. The Bertz CT molecular complexity index is 1150. The molecule has 0 bridgehead atoms. The summed E-state index contributed by atoms with van der Waals surface area (Å²) in [4.78, 5) is 20.0. The van der Waals surface area contributed by atoms with Crippen molar-refractivity contribution >= 4 is 28.6 Å². The topological polar surface area (TPSA) is 59.7 Å². The zero-order chi connectivity index (χ0) is 19.1. The van der Waals surface area contributed by atoms with Crippen LogP contribution in [0, 0.1) is 5.82 Å². The summed E-state index contributed by atoms with van der Waals surface area (Å²) < 4.78 is 16.4. The van der Waals surface area contributed by atoms with Gasteiger partial charge in [0, 0.05) is 36.7 Å². The molecule has 1 aliphatic rings. The van der Waals surface area contributed by atoms with Gasteiger partial charge in [-0.15, -0.1) is 0 Å². The van der Waals surface area contributed by atoms with Gasteiger partial charge in [0.15, 0.2) is 0 Å².